The van der Waals surface area contributed by atoms with Gasteiger partial charge in [0.2, 0.25) is 0 Å². The van der Waals surface area contributed by atoms with E-state index in [1.165, 1.54) is 0 Å². The molecular formula is C23H20N4O. The number of carbonyl (C=O) groups is 1. The molecule has 4 aromatic rings. The molecule has 5 heteroatoms. The average Bonchev–Trinajstić information content (AvgIpc) is 3.17. The number of nitrogens with zero attached hydrogens (tertiary/aromatic N) is 2. The standard InChI is InChI=1S/C23H20N4O/c1-17-15-24-27(16-17)22-13-7-18(8-14-22)23(28)26-21-11-9-20(10-12-21)25-19-5-3-2-4-6-19/h2-16,25H,1H3,(H,26,28). The second-order valence-corrected chi connectivity index (χ2v) is 6.53. The van der Waals surface area contributed by atoms with Crippen molar-refractivity contribution in [3.63, 3.8) is 0 Å². The number of benzene rings is 3. The second kappa shape index (κ2) is 7.80. The van der Waals surface area contributed by atoms with Crippen molar-refractivity contribution in [3.05, 3.63) is 102 Å². The first kappa shape index (κ1) is 17.5. The van der Waals surface area contributed by atoms with E-state index in [1.807, 2.05) is 79.9 Å². The molecule has 0 spiro atoms. The van der Waals surface area contributed by atoms with Gasteiger partial charge in [-0.15, -0.1) is 0 Å². The fourth-order valence-corrected chi connectivity index (χ4v) is 2.85. The SMILES string of the molecule is Cc1cnn(-c2ccc(C(=O)Nc3ccc(Nc4ccccc4)cc3)cc2)c1. The van der Waals surface area contributed by atoms with Crippen molar-refractivity contribution < 1.29 is 4.79 Å². The van der Waals surface area contributed by atoms with Crippen molar-refractivity contribution >= 4 is 23.0 Å². The Morgan fingerprint density at radius 2 is 1.46 bits per heavy atom. The molecule has 0 aliphatic heterocycles. The first-order chi connectivity index (χ1) is 13.7. The van der Waals surface area contributed by atoms with E-state index in [9.17, 15) is 4.79 Å². The first-order valence-electron chi connectivity index (χ1n) is 9.02. The van der Waals surface area contributed by atoms with Crippen LogP contribution < -0.4 is 10.6 Å². The summed E-state index contributed by atoms with van der Waals surface area (Å²) in [5, 5.41) is 10.5. The number of nitrogens with one attached hydrogen (secondary N) is 2. The molecule has 5 nitrogen and oxygen atoms in total. The molecule has 138 valence electrons. The summed E-state index contributed by atoms with van der Waals surface area (Å²) < 4.78 is 1.79. The molecule has 1 heterocycles. The number of carbonyl (C=O) groups excluding carboxylic acids is 1. The molecular weight excluding hydrogens is 348 g/mol. The van der Waals surface area contributed by atoms with Gasteiger partial charge in [0.05, 0.1) is 11.9 Å². The van der Waals surface area contributed by atoms with E-state index >= 15 is 0 Å². The van der Waals surface area contributed by atoms with Gasteiger partial charge < -0.3 is 10.6 Å². The Bertz CT molecular complexity index is 1070. The number of anilines is 3. The Morgan fingerprint density at radius 1 is 0.821 bits per heavy atom. The van der Waals surface area contributed by atoms with Crippen molar-refractivity contribution in [3.8, 4) is 5.69 Å². The van der Waals surface area contributed by atoms with E-state index in [-0.39, 0.29) is 5.91 Å². The zero-order valence-electron chi connectivity index (χ0n) is 15.5. The highest BCUT2D eigenvalue weighted by Gasteiger charge is 2.07. The molecule has 0 unspecified atom stereocenters. The molecule has 3 aromatic carbocycles. The van der Waals surface area contributed by atoms with Gasteiger partial charge in [0.1, 0.15) is 0 Å². The van der Waals surface area contributed by atoms with E-state index in [1.54, 1.807) is 23.0 Å². The molecule has 0 bridgehead atoms. The van der Waals surface area contributed by atoms with Gasteiger partial charge in [-0.3, -0.25) is 4.79 Å². The summed E-state index contributed by atoms with van der Waals surface area (Å²) in [5.74, 6) is -0.146. The van der Waals surface area contributed by atoms with Crippen LogP contribution in [0.3, 0.4) is 0 Å². The maximum Gasteiger partial charge on any atom is 0.255 e. The van der Waals surface area contributed by atoms with Gasteiger partial charge in [0.25, 0.3) is 5.91 Å². The van der Waals surface area contributed by atoms with E-state index in [4.69, 9.17) is 0 Å². The summed E-state index contributed by atoms with van der Waals surface area (Å²) in [7, 11) is 0. The summed E-state index contributed by atoms with van der Waals surface area (Å²) in [6, 6.07) is 24.9. The second-order valence-electron chi connectivity index (χ2n) is 6.53. The smallest absolute Gasteiger partial charge is 0.255 e. The summed E-state index contributed by atoms with van der Waals surface area (Å²) >= 11 is 0. The van der Waals surface area contributed by atoms with Crippen LogP contribution in [-0.2, 0) is 0 Å². The van der Waals surface area contributed by atoms with Gasteiger partial charge in [0, 0.05) is 28.8 Å². The first-order valence-corrected chi connectivity index (χ1v) is 9.02. The molecule has 0 saturated carbocycles. The Morgan fingerprint density at radius 3 is 2.11 bits per heavy atom. The summed E-state index contributed by atoms with van der Waals surface area (Å²) in [4.78, 5) is 12.5. The summed E-state index contributed by atoms with van der Waals surface area (Å²) in [6.07, 6.45) is 3.75. The van der Waals surface area contributed by atoms with Crippen molar-refractivity contribution in [2.75, 3.05) is 10.6 Å². The summed E-state index contributed by atoms with van der Waals surface area (Å²) in [5.41, 5.74) is 5.33. The Hall–Kier alpha value is -3.86. The number of para-hydroxylation sites is 1. The van der Waals surface area contributed by atoms with Crippen LogP contribution in [-0.4, -0.2) is 15.7 Å². The van der Waals surface area contributed by atoms with Gasteiger partial charge >= 0.3 is 0 Å². The van der Waals surface area contributed by atoms with E-state index < -0.39 is 0 Å². The van der Waals surface area contributed by atoms with E-state index in [0.717, 1.165) is 28.3 Å². The number of rotatable bonds is 5. The average molecular weight is 368 g/mol. The minimum atomic E-state index is -0.146. The predicted molar refractivity (Wildman–Crippen MR) is 112 cm³/mol. The largest absolute Gasteiger partial charge is 0.356 e. The highest BCUT2D eigenvalue weighted by molar-refractivity contribution is 6.04. The topological polar surface area (TPSA) is 59.0 Å². The van der Waals surface area contributed by atoms with Gasteiger partial charge in [-0.2, -0.15) is 5.10 Å². The molecule has 0 radical (unpaired) electrons. The number of hydrogen-bond donors (Lipinski definition) is 2. The molecule has 2 N–H and O–H groups in total. The minimum absolute atomic E-state index is 0.146. The van der Waals surface area contributed by atoms with Crippen LogP contribution in [0.15, 0.2) is 91.3 Å². The maximum atomic E-state index is 12.5. The molecule has 0 aliphatic carbocycles. The van der Waals surface area contributed by atoms with Crippen LogP contribution in [0.5, 0.6) is 0 Å². The Kier molecular flexibility index (Phi) is 4.89. The minimum Gasteiger partial charge on any atom is -0.356 e. The highest BCUT2D eigenvalue weighted by atomic mass is 16.1. The number of aromatic nitrogens is 2. The number of amides is 1. The van der Waals surface area contributed by atoms with Crippen molar-refractivity contribution in [1.82, 2.24) is 9.78 Å². The van der Waals surface area contributed by atoms with Crippen LogP contribution in [0.2, 0.25) is 0 Å². The van der Waals surface area contributed by atoms with Crippen LogP contribution in [0.1, 0.15) is 15.9 Å². The lowest BCUT2D eigenvalue weighted by atomic mass is 10.2. The molecule has 1 amide bonds. The van der Waals surface area contributed by atoms with Crippen molar-refractivity contribution in [1.29, 1.82) is 0 Å². The van der Waals surface area contributed by atoms with Gasteiger partial charge in [0.15, 0.2) is 0 Å². The molecule has 0 aliphatic rings. The van der Waals surface area contributed by atoms with Gasteiger partial charge in [-0.1, -0.05) is 18.2 Å². The van der Waals surface area contributed by atoms with Gasteiger partial charge in [-0.25, -0.2) is 4.68 Å². The highest BCUT2D eigenvalue weighted by Crippen LogP contribution is 2.19. The zero-order valence-corrected chi connectivity index (χ0v) is 15.5. The van der Waals surface area contributed by atoms with Crippen LogP contribution >= 0.6 is 0 Å². The fraction of sp³-hybridized carbons (Fsp3) is 0.0435. The lowest BCUT2D eigenvalue weighted by molar-refractivity contribution is 0.102. The van der Waals surface area contributed by atoms with Crippen LogP contribution in [0.25, 0.3) is 5.69 Å². The maximum absolute atomic E-state index is 12.5. The molecule has 1 aromatic heterocycles. The van der Waals surface area contributed by atoms with E-state index in [0.29, 0.717) is 5.56 Å². The Labute approximate surface area is 163 Å². The van der Waals surface area contributed by atoms with E-state index in [2.05, 4.69) is 15.7 Å². The lowest BCUT2D eigenvalue weighted by Crippen LogP contribution is -2.12. The molecule has 0 fully saturated rings. The lowest BCUT2D eigenvalue weighted by Gasteiger charge is -2.09. The summed E-state index contributed by atoms with van der Waals surface area (Å²) in [6.45, 7) is 1.99. The molecule has 0 atom stereocenters. The third-order valence-electron chi connectivity index (χ3n) is 4.31. The van der Waals surface area contributed by atoms with Crippen LogP contribution in [0, 0.1) is 6.92 Å². The normalized spacial score (nSPS) is 10.5. The zero-order chi connectivity index (χ0) is 19.3. The third kappa shape index (κ3) is 4.10. The predicted octanol–water partition coefficient (Wildman–Crippen LogP) is 5.18. The monoisotopic (exact) mass is 368 g/mol. The number of aryl methyl sites for hydroxylation is 1. The molecule has 28 heavy (non-hydrogen) atoms. The Balaban J connectivity index is 1.40. The molecule has 4 rings (SSSR count). The quantitative estimate of drug-likeness (QED) is 0.510. The van der Waals surface area contributed by atoms with Crippen LogP contribution in [0.4, 0.5) is 17.1 Å². The molecule has 0 saturated heterocycles. The third-order valence-corrected chi connectivity index (χ3v) is 4.31. The van der Waals surface area contributed by atoms with Crippen molar-refractivity contribution in [2.45, 2.75) is 6.92 Å². The van der Waals surface area contributed by atoms with Crippen molar-refractivity contribution in [2.24, 2.45) is 0 Å². The van der Waals surface area contributed by atoms with Gasteiger partial charge in [-0.05, 0) is 73.2 Å². The number of hydrogen-bond acceptors (Lipinski definition) is 3. The fourth-order valence-electron chi connectivity index (χ4n) is 2.85.